The fraction of sp³-hybridized carbons (Fsp3) is 0.308. The van der Waals surface area contributed by atoms with Crippen LogP contribution in [0.5, 0.6) is 0 Å². The van der Waals surface area contributed by atoms with Gasteiger partial charge in [-0.1, -0.05) is 26.0 Å². The van der Waals surface area contributed by atoms with Crippen LogP contribution >= 0.6 is 11.5 Å². The second-order valence-corrected chi connectivity index (χ2v) is 5.13. The van der Waals surface area contributed by atoms with Crippen molar-refractivity contribution in [3.63, 3.8) is 0 Å². The number of hydrogen-bond acceptors (Lipinski definition) is 4. The highest BCUT2D eigenvalue weighted by molar-refractivity contribution is 7.09. The number of carbonyl (C=O) groups excluding carboxylic acids is 1. The molecule has 1 N–H and O–H groups in total. The van der Waals surface area contributed by atoms with Crippen LogP contribution < -0.4 is 5.32 Å². The molecule has 0 aliphatic rings. The Balaban J connectivity index is 2.09. The largest absolute Gasteiger partial charge is 0.297 e. The van der Waals surface area contributed by atoms with Crippen molar-refractivity contribution in [2.24, 2.45) is 0 Å². The van der Waals surface area contributed by atoms with E-state index in [1.807, 2.05) is 24.3 Å². The first-order valence-corrected chi connectivity index (χ1v) is 6.55. The second-order valence-electron chi connectivity index (χ2n) is 4.38. The summed E-state index contributed by atoms with van der Waals surface area (Å²) in [5.74, 6) is 0.986. The molecule has 0 radical (unpaired) electrons. The molecule has 0 bridgehead atoms. The van der Waals surface area contributed by atoms with Gasteiger partial charge in [-0.05, 0) is 30.5 Å². The van der Waals surface area contributed by atoms with E-state index in [4.69, 9.17) is 0 Å². The standard InChI is InChI=1S/C13H15N3OS/c1-8(2)10-4-6-11(7-5-10)12(17)15-13-14-9(3)16-18-13/h4-8H,1-3H3,(H,14,15,16,17). The third kappa shape index (κ3) is 2.92. The number of hydrogen-bond donors (Lipinski definition) is 1. The van der Waals surface area contributed by atoms with Crippen molar-refractivity contribution in [1.82, 2.24) is 9.36 Å². The van der Waals surface area contributed by atoms with Crippen LogP contribution in [0.3, 0.4) is 0 Å². The fourth-order valence-corrected chi connectivity index (χ4v) is 2.11. The summed E-state index contributed by atoms with van der Waals surface area (Å²) in [6.45, 7) is 6.04. The molecule has 1 amide bonds. The van der Waals surface area contributed by atoms with Crippen molar-refractivity contribution in [3.8, 4) is 0 Å². The molecule has 2 aromatic rings. The van der Waals surface area contributed by atoms with Gasteiger partial charge < -0.3 is 0 Å². The van der Waals surface area contributed by atoms with Gasteiger partial charge >= 0.3 is 0 Å². The van der Waals surface area contributed by atoms with E-state index in [1.54, 1.807) is 6.92 Å². The van der Waals surface area contributed by atoms with Crippen LogP contribution in [0, 0.1) is 6.92 Å². The minimum Gasteiger partial charge on any atom is -0.297 e. The molecule has 1 aromatic heterocycles. The number of nitrogens with zero attached hydrogens (tertiary/aromatic N) is 2. The first kappa shape index (κ1) is 12.7. The summed E-state index contributed by atoms with van der Waals surface area (Å²) < 4.78 is 4.02. The van der Waals surface area contributed by atoms with E-state index in [0.717, 1.165) is 0 Å². The Morgan fingerprint density at radius 2 is 1.94 bits per heavy atom. The first-order valence-electron chi connectivity index (χ1n) is 5.78. The van der Waals surface area contributed by atoms with E-state index in [2.05, 4.69) is 28.5 Å². The van der Waals surface area contributed by atoms with E-state index < -0.39 is 0 Å². The fourth-order valence-electron chi connectivity index (χ4n) is 1.54. The average molecular weight is 261 g/mol. The van der Waals surface area contributed by atoms with Crippen LogP contribution in [-0.2, 0) is 0 Å². The maximum atomic E-state index is 11.9. The molecule has 0 spiro atoms. The van der Waals surface area contributed by atoms with Gasteiger partial charge in [-0.2, -0.15) is 4.37 Å². The molecule has 1 heterocycles. The SMILES string of the molecule is Cc1nsc(NC(=O)c2ccc(C(C)C)cc2)n1. The summed E-state index contributed by atoms with van der Waals surface area (Å²) in [6, 6.07) is 7.62. The summed E-state index contributed by atoms with van der Waals surface area (Å²) in [7, 11) is 0. The molecule has 1 aromatic carbocycles. The number of aromatic nitrogens is 2. The van der Waals surface area contributed by atoms with Gasteiger partial charge in [-0.25, -0.2) is 4.98 Å². The zero-order valence-electron chi connectivity index (χ0n) is 10.6. The molecule has 2 rings (SSSR count). The Kier molecular flexibility index (Phi) is 3.72. The maximum absolute atomic E-state index is 11.9. The molecule has 0 aliphatic heterocycles. The molecule has 0 aliphatic carbocycles. The molecule has 94 valence electrons. The van der Waals surface area contributed by atoms with Crippen LogP contribution in [0.2, 0.25) is 0 Å². The smallest absolute Gasteiger partial charge is 0.257 e. The number of carbonyl (C=O) groups is 1. The Hall–Kier alpha value is -1.75. The number of amides is 1. The van der Waals surface area contributed by atoms with Crippen LogP contribution in [-0.4, -0.2) is 15.3 Å². The Morgan fingerprint density at radius 3 is 2.44 bits per heavy atom. The van der Waals surface area contributed by atoms with Crippen molar-refractivity contribution in [1.29, 1.82) is 0 Å². The molecule has 0 atom stereocenters. The highest BCUT2D eigenvalue weighted by atomic mass is 32.1. The van der Waals surface area contributed by atoms with Crippen molar-refractivity contribution >= 4 is 22.6 Å². The van der Waals surface area contributed by atoms with Gasteiger partial charge in [-0.15, -0.1) is 0 Å². The highest BCUT2D eigenvalue weighted by Crippen LogP contribution is 2.16. The van der Waals surface area contributed by atoms with Gasteiger partial charge in [0, 0.05) is 17.1 Å². The van der Waals surface area contributed by atoms with Gasteiger partial charge in [0.2, 0.25) is 5.13 Å². The molecule has 0 unspecified atom stereocenters. The molecular formula is C13H15N3OS. The Bertz CT molecular complexity index is 546. The lowest BCUT2D eigenvalue weighted by molar-refractivity contribution is 0.102. The van der Waals surface area contributed by atoms with Crippen LogP contribution in [0.1, 0.15) is 41.5 Å². The minimum atomic E-state index is -0.151. The molecule has 0 saturated carbocycles. The second kappa shape index (κ2) is 5.27. The number of nitrogens with one attached hydrogen (secondary N) is 1. The monoisotopic (exact) mass is 261 g/mol. The predicted molar refractivity (Wildman–Crippen MR) is 73.1 cm³/mol. The number of benzene rings is 1. The lowest BCUT2D eigenvalue weighted by atomic mass is 10.0. The van der Waals surface area contributed by atoms with E-state index in [0.29, 0.717) is 22.4 Å². The van der Waals surface area contributed by atoms with Crippen LogP contribution in [0.25, 0.3) is 0 Å². The Labute approximate surface area is 110 Å². The van der Waals surface area contributed by atoms with Crippen molar-refractivity contribution in [2.45, 2.75) is 26.7 Å². The molecule has 18 heavy (non-hydrogen) atoms. The molecule has 5 heteroatoms. The molecule has 4 nitrogen and oxygen atoms in total. The van der Waals surface area contributed by atoms with E-state index in [1.165, 1.54) is 17.1 Å². The van der Waals surface area contributed by atoms with Gasteiger partial charge in [-0.3, -0.25) is 10.1 Å². The molecular weight excluding hydrogens is 246 g/mol. The van der Waals surface area contributed by atoms with Crippen molar-refractivity contribution in [3.05, 3.63) is 41.2 Å². The van der Waals surface area contributed by atoms with Crippen molar-refractivity contribution in [2.75, 3.05) is 5.32 Å². The lowest BCUT2D eigenvalue weighted by Gasteiger charge is -2.06. The quantitative estimate of drug-likeness (QED) is 0.923. The van der Waals surface area contributed by atoms with Crippen LogP contribution in [0.4, 0.5) is 5.13 Å². The summed E-state index contributed by atoms with van der Waals surface area (Å²) in [6.07, 6.45) is 0. The maximum Gasteiger partial charge on any atom is 0.257 e. The number of rotatable bonds is 3. The summed E-state index contributed by atoms with van der Waals surface area (Å²) in [5, 5.41) is 3.27. The van der Waals surface area contributed by atoms with E-state index in [-0.39, 0.29) is 5.91 Å². The minimum absolute atomic E-state index is 0.151. The normalized spacial score (nSPS) is 10.7. The van der Waals surface area contributed by atoms with Crippen molar-refractivity contribution < 1.29 is 4.79 Å². The molecule has 0 fully saturated rings. The zero-order chi connectivity index (χ0) is 13.1. The Morgan fingerprint density at radius 1 is 1.28 bits per heavy atom. The van der Waals surface area contributed by atoms with Gasteiger partial charge in [0.05, 0.1) is 0 Å². The van der Waals surface area contributed by atoms with Gasteiger partial charge in [0.25, 0.3) is 5.91 Å². The van der Waals surface area contributed by atoms with Gasteiger partial charge in [0.1, 0.15) is 5.82 Å². The van der Waals surface area contributed by atoms with E-state index in [9.17, 15) is 4.79 Å². The lowest BCUT2D eigenvalue weighted by Crippen LogP contribution is -2.11. The predicted octanol–water partition coefficient (Wildman–Crippen LogP) is 3.22. The zero-order valence-corrected chi connectivity index (χ0v) is 11.4. The van der Waals surface area contributed by atoms with E-state index >= 15 is 0 Å². The third-order valence-electron chi connectivity index (χ3n) is 2.59. The topological polar surface area (TPSA) is 54.9 Å². The third-order valence-corrected chi connectivity index (χ3v) is 3.31. The summed E-state index contributed by atoms with van der Waals surface area (Å²) in [4.78, 5) is 16.0. The summed E-state index contributed by atoms with van der Waals surface area (Å²) in [5.41, 5.74) is 1.85. The number of anilines is 1. The summed E-state index contributed by atoms with van der Waals surface area (Å²) >= 11 is 1.19. The van der Waals surface area contributed by atoms with Crippen LogP contribution in [0.15, 0.2) is 24.3 Å². The van der Waals surface area contributed by atoms with Gasteiger partial charge in [0.15, 0.2) is 0 Å². The molecule has 0 saturated heterocycles. The number of aryl methyl sites for hydroxylation is 1. The first-order chi connectivity index (χ1) is 8.56. The highest BCUT2D eigenvalue weighted by Gasteiger charge is 2.09. The average Bonchev–Trinajstić information content (AvgIpc) is 2.75.